The Kier molecular flexibility index (Phi) is 9.06. The summed E-state index contributed by atoms with van der Waals surface area (Å²) in [5, 5.41) is 8.79. The summed E-state index contributed by atoms with van der Waals surface area (Å²) in [5.41, 5.74) is 9.59. The van der Waals surface area contributed by atoms with Crippen LogP contribution in [0.4, 0.5) is 27.8 Å². The normalized spacial score (nSPS) is 9.97. The number of nitrogen functional groups attached to an aromatic ring is 1. The largest absolute Gasteiger partial charge is 0.464 e. The van der Waals surface area contributed by atoms with Gasteiger partial charge in [0.2, 0.25) is 5.91 Å². The summed E-state index contributed by atoms with van der Waals surface area (Å²) in [5.74, 6) is 1.68. The second-order valence-electron chi connectivity index (χ2n) is 7.91. The molecule has 0 bridgehead atoms. The van der Waals surface area contributed by atoms with Crippen LogP contribution in [-0.2, 0) is 4.79 Å². The molecule has 3 aromatic heterocycles. The summed E-state index contributed by atoms with van der Waals surface area (Å²) >= 11 is 0. The van der Waals surface area contributed by atoms with E-state index in [9.17, 15) is 9.59 Å². The SMILES string of the molecule is C=C.CC(=O)Nc1ccc(NC(=O)Nc2ccc(-c3nc(N)c4ccc(-c5ccco5)cc4n3)cn2)cc1.O.[HH].[HH].[HH]. The molecule has 0 aliphatic heterocycles. The number of nitrogens with two attached hydrogens (primary N) is 1. The van der Waals surface area contributed by atoms with Crippen LogP contribution < -0.4 is 21.7 Å². The molecule has 11 heteroatoms. The fourth-order valence-electron chi connectivity index (χ4n) is 3.60. The van der Waals surface area contributed by atoms with E-state index < -0.39 is 6.03 Å². The minimum absolute atomic E-state index is 0. The maximum absolute atomic E-state index is 12.3. The van der Waals surface area contributed by atoms with E-state index in [1.165, 1.54) is 6.92 Å². The first-order chi connectivity index (χ1) is 18.4. The summed E-state index contributed by atoms with van der Waals surface area (Å²) in [7, 11) is 0. The number of hydrogen-bond donors (Lipinski definition) is 4. The van der Waals surface area contributed by atoms with Gasteiger partial charge in [0.05, 0.1) is 11.8 Å². The van der Waals surface area contributed by atoms with Crippen molar-refractivity contribution >= 4 is 45.9 Å². The minimum Gasteiger partial charge on any atom is -0.464 e. The first-order valence-corrected chi connectivity index (χ1v) is 11.5. The van der Waals surface area contributed by atoms with Crippen molar-refractivity contribution in [2.75, 3.05) is 21.7 Å². The number of fused-ring (bicyclic) bond motifs is 1. The van der Waals surface area contributed by atoms with Gasteiger partial charge in [-0.05, 0) is 60.7 Å². The number of nitrogens with one attached hydrogen (secondary N) is 3. The van der Waals surface area contributed by atoms with Gasteiger partial charge < -0.3 is 26.3 Å². The van der Waals surface area contributed by atoms with Crippen LogP contribution in [0.2, 0.25) is 0 Å². The van der Waals surface area contributed by atoms with Crippen molar-refractivity contribution in [1.29, 1.82) is 0 Å². The molecular formula is C28H33N7O4. The van der Waals surface area contributed by atoms with Gasteiger partial charge in [0.15, 0.2) is 5.82 Å². The Hall–Kier alpha value is -5.55. The van der Waals surface area contributed by atoms with Gasteiger partial charge in [-0.3, -0.25) is 10.1 Å². The third-order valence-electron chi connectivity index (χ3n) is 5.26. The van der Waals surface area contributed by atoms with Crippen LogP contribution in [0.25, 0.3) is 33.6 Å². The van der Waals surface area contributed by atoms with Crippen molar-refractivity contribution in [2.24, 2.45) is 0 Å². The summed E-state index contributed by atoms with van der Waals surface area (Å²) in [4.78, 5) is 36.8. The van der Waals surface area contributed by atoms with E-state index in [-0.39, 0.29) is 15.7 Å². The zero-order valence-corrected chi connectivity index (χ0v) is 21.1. The average molecular weight is 532 g/mol. The van der Waals surface area contributed by atoms with E-state index in [2.05, 4.69) is 44.1 Å². The molecule has 5 aromatic rings. The molecule has 2 aromatic carbocycles. The lowest BCUT2D eigenvalue weighted by molar-refractivity contribution is -0.114. The average Bonchev–Trinajstić information content (AvgIpc) is 3.46. The van der Waals surface area contributed by atoms with E-state index in [1.54, 1.807) is 48.9 Å². The third-order valence-corrected chi connectivity index (χ3v) is 5.26. The van der Waals surface area contributed by atoms with Gasteiger partial charge in [-0.1, -0.05) is 6.07 Å². The molecule has 3 heterocycles. The smallest absolute Gasteiger partial charge is 0.324 e. The van der Waals surface area contributed by atoms with Gasteiger partial charge in [0, 0.05) is 45.3 Å². The standard InChI is InChI=1S/C26H21N7O3.C2H4.H2O.3H2/c1-15(34)29-18-6-8-19(9-7-18)30-26(35)32-23-11-5-17(14-28-23)25-31-21-13-16(22-3-2-12-36-22)4-10-20(21)24(27)33-25;1-2;;;;/h2-14H,1H3,(H,29,34)(H2,27,31,33)(H2,28,30,32,35);1-2H2;1H2;3*1H. The van der Waals surface area contributed by atoms with Crippen molar-refractivity contribution < 1.29 is 23.8 Å². The van der Waals surface area contributed by atoms with E-state index in [1.807, 2.05) is 30.3 Å². The summed E-state index contributed by atoms with van der Waals surface area (Å²) < 4.78 is 5.48. The molecule has 0 spiro atoms. The number of benzene rings is 2. The number of pyridine rings is 1. The highest BCUT2D eigenvalue weighted by Gasteiger charge is 2.11. The molecule has 39 heavy (non-hydrogen) atoms. The Bertz CT molecular complexity index is 1580. The topological polar surface area (TPSA) is 180 Å². The molecule has 7 N–H and O–H groups in total. The molecule has 0 fully saturated rings. The van der Waals surface area contributed by atoms with Gasteiger partial charge in [-0.15, -0.1) is 13.2 Å². The van der Waals surface area contributed by atoms with Gasteiger partial charge >= 0.3 is 6.03 Å². The first kappa shape index (κ1) is 28.0. The second-order valence-corrected chi connectivity index (χ2v) is 7.91. The minimum atomic E-state index is -0.459. The predicted octanol–water partition coefficient (Wildman–Crippen LogP) is 5.85. The Labute approximate surface area is 228 Å². The van der Waals surface area contributed by atoms with Crippen LogP contribution in [0, 0.1) is 0 Å². The number of carbonyl (C=O) groups is 2. The van der Waals surface area contributed by atoms with Crippen LogP contribution in [-0.4, -0.2) is 32.4 Å². The molecule has 204 valence electrons. The number of anilines is 4. The van der Waals surface area contributed by atoms with Crippen LogP contribution >= 0.6 is 0 Å². The van der Waals surface area contributed by atoms with Crippen LogP contribution in [0.5, 0.6) is 0 Å². The fourth-order valence-corrected chi connectivity index (χ4v) is 3.60. The fraction of sp³-hybridized carbons (Fsp3) is 0.0357. The molecule has 0 unspecified atom stereocenters. The number of hydrogen-bond acceptors (Lipinski definition) is 7. The van der Waals surface area contributed by atoms with Crippen LogP contribution in [0.1, 0.15) is 11.2 Å². The number of nitrogens with zero attached hydrogens (tertiary/aromatic N) is 3. The number of urea groups is 1. The number of rotatable bonds is 5. The van der Waals surface area contributed by atoms with E-state index in [0.29, 0.717) is 39.9 Å². The van der Waals surface area contributed by atoms with Gasteiger partial charge in [0.25, 0.3) is 0 Å². The van der Waals surface area contributed by atoms with Gasteiger partial charge in [-0.2, -0.15) is 0 Å². The molecule has 0 saturated carbocycles. The Morgan fingerprint density at radius 2 is 1.59 bits per heavy atom. The highest BCUT2D eigenvalue weighted by atomic mass is 16.3. The van der Waals surface area contributed by atoms with E-state index >= 15 is 0 Å². The molecule has 0 radical (unpaired) electrons. The predicted molar refractivity (Wildman–Crippen MR) is 159 cm³/mol. The molecule has 5 rings (SSSR count). The molecule has 11 nitrogen and oxygen atoms in total. The van der Waals surface area contributed by atoms with Crippen molar-refractivity contribution in [1.82, 2.24) is 15.0 Å². The summed E-state index contributed by atoms with van der Waals surface area (Å²) in [6, 6.07) is 19.1. The monoisotopic (exact) mass is 531 g/mol. The lowest BCUT2D eigenvalue weighted by atomic mass is 10.1. The van der Waals surface area contributed by atoms with Gasteiger partial charge in [-0.25, -0.2) is 19.7 Å². The van der Waals surface area contributed by atoms with Crippen LogP contribution in [0.3, 0.4) is 0 Å². The maximum Gasteiger partial charge on any atom is 0.324 e. The Morgan fingerprint density at radius 3 is 2.21 bits per heavy atom. The van der Waals surface area contributed by atoms with Gasteiger partial charge in [0.1, 0.15) is 17.4 Å². The summed E-state index contributed by atoms with van der Waals surface area (Å²) in [6.45, 7) is 7.43. The maximum atomic E-state index is 12.3. The van der Waals surface area contributed by atoms with Crippen LogP contribution in [0.15, 0.2) is 96.8 Å². The quantitative estimate of drug-likeness (QED) is 0.205. The number of amides is 3. The third kappa shape index (κ3) is 6.81. The molecule has 0 aliphatic carbocycles. The summed E-state index contributed by atoms with van der Waals surface area (Å²) in [6.07, 6.45) is 3.18. The number of aromatic nitrogens is 3. The molecule has 3 amide bonds. The van der Waals surface area contributed by atoms with Crippen molar-refractivity contribution in [3.63, 3.8) is 0 Å². The second kappa shape index (κ2) is 12.6. The zero-order valence-electron chi connectivity index (χ0n) is 21.1. The first-order valence-electron chi connectivity index (χ1n) is 11.5. The van der Waals surface area contributed by atoms with Crippen molar-refractivity contribution in [3.05, 3.63) is 92.3 Å². The molecule has 0 saturated heterocycles. The molecular weight excluding hydrogens is 498 g/mol. The highest BCUT2D eigenvalue weighted by molar-refractivity contribution is 5.99. The zero-order chi connectivity index (χ0) is 27.1. The lowest BCUT2D eigenvalue weighted by Crippen LogP contribution is -2.20. The number of carbonyl (C=O) groups excluding carboxylic acids is 2. The highest BCUT2D eigenvalue weighted by Crippen LogP contribution is 2.28. The number of furan rings is 1. The Morgan fingerprint density at radius 1 is 0.897 bits per heavy atom. The molecule has 0 atom stereocenters. The Balaban J connectivity index is 0.00000274. The van der Waals surface area contributed by atoms with E-state index in [0.717, 1.165) is 16.7 Å². The van der Waals surface area contributed by atoms with E-state index in [4.69, 9.17) is 10.2 Å². The van der Waals surface area contributed by atoms with Crippen molar-refractivity contribution in [2.45, 2.75) is 6.92 Å². The van der Waals surface area contributed by atoms with Crippen molar-refractivity contribution in [3.8, 4) is 22.7 Å². The lowest BCUT2D eigenvalue weighted by Gasteiger charge is -2.09. The molecule has 0 aliphatic rings.